The van der Waals surface area contributed by atoms with E-state index in [1.807, 2.05) is 0 Å². The first-order chi connectivity index (χ1) is 15.6. The summed E-state index contributed by atoms with van der Waals surface area (Å²) in [4.78, 5) is 42.2. The van der Waals surface area contributed by atoms with Crippen molar-refractivity contribution in [2.24, 2.45) is 5.92 Å². The van der Waals surface area contributed by atoms with E-state index in [4.69, 9.17) is 16.3 Å². The molecule has 2 aliphatic rings. The van der Waals surface area contributed by atoms with Crippen molar-refractivity contribution in [3.05, 3.63) is 29.5 Å². The number of esters is 1. The van der Waals surface area contributed by atoms with E-state index in [9.17, 15) is 14.4 Å². The minimum absolute atomic E-state index is 0.224. The van der Waals surface area contributed by atoms with Gasteiger partial charge in [0.15, 0.2) is 0 Å². The number of rotatable bonds is 6. The number of nitrogens with zero attached hydrogens (tertiary/aromatic N) is 6. The fourth-order valence-electron chi connectivity index (χ4n) is 4.08. The summed E-state index contributed by atoms with van der Waals surface area (Å²) >= 11 is 6.19. The Morgan fingerprint density at radius 1 is 1.18 bits per heavy atom. The number of aromatic nitrogens is 4. The van der Waals surface area contributed by atoms with Gasteiger partial charge in [0.1, 0.15) is 31.1 Å². The minimum Gasteiger partial charge on any atom is -0.458 e. The Morgan fingerprint density at radius 2 is 1.94 bits per heavy atom. The molecule has 11 heteroatoms. The molecule has 2 amide bonds. The normalized spacial score (nSPS) is 18.3. The van der Waals surface area contributed by atoms with Crippen LogP contribution in [-0.4, -0.2) is 67.6 Å². The number of benzene rings is 1. The first kappa shape index (κ1) is 23.2. The third-order valence-electron chi connectivity index (χ3n) is 5.88. The average molecular weight is 475 g/mol. The lowest BCUT2D eigenvalue weighted by molar-refractivity contribution is -0.167. The van der Waals surface area contributed by atoms with E-state index in [1.165, 1.54) is 20.8 Å². The van der Waals surface area contributed by atoms with Crippen LogP contribution in [0, 0.1) is 5.92 Å². The lowest BCUT2D eigenvalue weighted by atomic mass is 9.80. The summed E-state index contributed by atoms with van der Waals surface area (Å²) < 4.78 is 7.00. The largest absolute Gasteiger partial charge is 0.458 e. The Bertz CT molecular complexity index is 1050. The van der Waals surface area contributed by atoms with E-state index in [1.54, 1.807) is 39.0 Å². The average Bonchev–Trinajstić information content (AvgIpc) is 3.22. The molecule has 0 N–H and O–H groups in total. The van der Waals surface area contributed by atoms with Crippen LogP contribution < -0.4 is 4.90 Å². The number of anilines is 1. The van der Waals surface area contributed by atoms with Crippen molar-refractivity contribution in [3.8, 4) is 5.69 Å². The Labute approximate surface area is 196 Å². The van der Waals surface area contributed by atoms with Gasteiger partial charge in [-0.2, -0.15) is 4.68 Å². The molecule has 176 valence electrons. The summed E-state index contributed by atoms with van der Waals surface area (Å²) in [7, 11) is 0. The highest BCUT2D eigenvalue weighted by molar-refractivity contribution is 6.31. The number of tetrazole rings is 1. The molecule has 0 spiro atoms. The lowest BCUT2D eigenvalue weighted by Crippen LogP contribution is -2.60. The molecule has 2 fully saturated rings. The highest BCUT2D eigenvalue weighted by Gasteiger charge is 2.41. The van der Waals surface area contributed by atoms with Crippen molar-refractivity contribution in [2.45, 2.75) is 58.1 Å². The maximum atomic E-state index is 13.2. The second kappa shape index (κ2) is 9.09. The summed E-state index contributed by atoms with van der Waals surface area (Å²) in [6.07, 6.45) is 5.03. The van der Waals surface area contributed by atoms with Gasteiger partial charge in [0.05, 0.1) is 11.4 Å². The highest BCUT2D eigenvalue weighted by Crippen LogP contribution is 2.34. The Morgan fingerprint density at radius 3 is 2.55 bits per heavy atom. The van der Waals surface area contributed by atoms with Gasteiger partial charge in [-0.25, -0.2) is 4.79 Å². The van der Waals surface area contributed by atoms with E-state index in [0.717, 1.165) is 19.3 Å². The number of piperazine rings is 1. The van der Waals surface area contributed by atoms with E-state index in [-0.39, 0.29) is 24.9 Å². The van der Waals surface area contributed by atoms with Gasteiger partial charge in [-0.05, 0) is 61.7 Å². The second-order valence-corrected chi connectivity index (χ2v) is 9.91. The first-order valence-electron chi connectivity index (χ1n) is 11.0. The van der Waals surface area contributed by atoms with Crippen LogP contribution in [0.25, 0.3) is 5.69 Å². The third-order valence-corrected chi connectivity index (χ3v) is 6.12. The summed E-state index contributed by atoms with van der Waals surface area (Å²) in [5, 5.41) is 11.6. The van der Waals surface area contributed by atoms with Crippen molar-refractivity contribution < 1.29 is 19.1 Å². The molecule has 1 saturated carbocycles. The molecule has 0 bridgehead atoms. The number of carbonyl (C=O) groups excluding carboxylic acids is 3. The summed E-state index contributed by atoms with van der Waals surface area (Å²) in [5.41, 5.74) is 0.239. The molecule has 1 aromatic heterocycles. The monoisotopic (exact) mass is 474 g/mol. The molecule has 1 atom stereocenters. The number of hydrogen-bond acceptors (Lipinski definition) is 7. The Hall–Kier alpha value is -3.01. The fourth-order valence-corrected chi connectivity index (χ4v) is 4.25. The number of hydrogen-bond donors (Lipinski definition) is 0. The topological polar surface area (TPSA) is 111 Å². The van der Waals surface area contributed by atoms with Crippen LogP contribution in [-0.2, 0) is 19.1 Å². The van der Waals surface area contributed by atoms with Gasteiger partial charge in [-0.1, -0.05) is 30.9 Å². The van der Waals surface area contributed by atoms with Crippen LogP contribution in [0.2, 0.25) is 5.02 Å². The van der Waals surface area contributed by atoms with Crippen LogP contribution in [0.5, 0.6) is 0 Å². The van der Waals surface area contributed by atoms with E-state index >= 15 is 0 Å². The first-order valence-corrected chi connectivity index (χ1v) is 11.4. The molecular formula is C22H27ClN6O4. The van der Waals surface area contributed by atoms with Gasteiger partial charge in [-0.3, -0.25) is 14.5 Å². The van der Waals surface area contributed by atoms with Gasteiger partial charge in [0.2, 0.25) is 11.8 Å². The van der Waals surface area contributed by atoms with Crippen LogP contribution in [0.1, 0.15) is 46.5 Å². The van der Waals surface area contributed by atoms with Gasteiger partial charge < -0.3 is 9.64 Å². The zero-order chi connectivity index (χ0) is 23.8. The highest BCUT2D eigenvalue weighted by atomic mass is 35.5. The molecule has 1 aliphatic carbocycles. The zero-order valence-electron chi connectivity index (χ0n) is 18.9. The standard InChI is InChI=1S/C22H27ClN6O4/c1-22(2,3)33-21(32)18(9-14-5-4-6-14)28-12-19(30)27(11-20(28)31)17-10-15(23)7-8-16(17)29-13-24-25-26-29/h7-8,10,13-14,18H,4-6,9,11-12H2,1-3H3. The van der Waals surface area contributed by atoms with E-state index in [2.05, 4.69) is 15.5 Å². The van der Waals surface area contributed by atoms with Crippen LogP contribution in [0.4, 0.5) is 5.69 Å². The maximum absolute atomic E-state index is 13.2. The van der Waals surface area contributed by atoms with Crippen molar-refractivity contribution >= 4 is 35.1 Å². The molecule has 10 nitrogen and oxygen atoms in total. The number of ether oxygens (including phenoxy) is 1. The predicted octanol–water partition coefficient (Wildman–Crippen LogP) is 2.39. The van der Waals surface area contributed by atoms with E-state index < -0.39 is 17.6 Å². The molecular weight excluding hydrogens is 448 g/mol. The summed E-state index contributed by atoms with van der Waals surface area (Å²) in [5.74, 6) is -0.773. The molecule has 0 radical (unpaired) electrons. The summed E-state index contributed by atoms with van der Waals surface area (Å²) in [6, 6.07) is 4.14. The van der Waals surface area contributed by atoms with Crippen molar-refractivity contribution in [1.82, 2.24) is 25.1 Å². The number of amides is 2. The lowest BCUT2D eigenvalue weighted by Gasteiger charge is -2.40. The van der Waals surface area contributed by atoms with Gasteiger partial charge in [0, 0.05) is 5.02 Å². The molecule has 2 heterocycles. The van der Waals surface area contributed by atoms with Crippen molar-refractivity contribution in [2.75, 3.05) is 18.0 Å². The van der Waals surface area contributed by atoms with Crippen molar-refractivity contribution in [1.29, 1.82) is 0 Å². The zero-order valence-corrected chi connectivity index (χ0v) is 19.7. The third kappa shape index (κ3) is 5.16. The van der Waals surface area contributed by atoms with Crippen molar-refractivity contribution in [3.63, 3.8) is 0 Å². The molecule has 33 heavy (non-hydrogen) atoms. The van der Waals surface area contributed by atoms with Gasteiger partial charge in [0.25, 0.3) is 0 Å². The molecule has 4 rings (SSSR count). The SMILES string of the molecule is CC(C)(C)OC(=O)C(CC1CCC1)N1CC(=O)N(c2cc(Cl)ccc2-n2cnnn2)CC1=O. The smallest absolute Gasteiger partial charge is 0.329 e. The van der Waals surface area contributed by atoms with Crippen LogP contribution in [0.15, 0.2) is 24.5 Å². The predicted molar refractivity (Wildman–Crippen MR) is 120 cm³/mol. The molecule has 1 aromatic carbocycles. The van der Waals surface area contributed by atoms with Crippen LogP contribution in [0.3, 0.4) is 0 Å². The van der Waals surface area contributed by atoms with E-state index in [0.29, 0.717) is 28.7 Å². The van der Waals surface area contributed by atoms with Crippen LogP contribution >= 0.6 is 11.6 Å². The molecule has 2 aromatic rings. The summed E-state index contributed by atoms with van der Waals surface area (Å²) in [6.45, 7) is 4.91. The van der Waals surface area contributed by atoms with Gasteiger partial charge in [-0.15, -0.1) is 5.10 Å². The number of halogens is 1. The Balaban J connectivity index is 1.59. The van der Waals surface area contributed by atoms with Gasteiger partial charge >= 0.3 is 5.97 Å². The fraction of sp³-hybridized carbons (Fsp3) is 0.545. The second-order valence-electron chi connectivity index (χ2n) is 9.47. The Kier molecular flexibility index (Phi) is 6.38. The quantitative estimate of drug-likeness (QED) is 0.591. The molecule has 1 aliphatic heterocycles. The maximum Gasteiger partial charge on any atom is 0.329 e. The molecule has 1 unspecified atom stereocenters. The number of carbonyl (C=O) groups is 3. The molecule has 1 saturated heterocycles. The minimum atomic E-state index is -0.786.